The summed E-state index contributed by atoms with van der Waals surface area (Å²) in [5.41, 5.74) is 0.257. The van der Waals surface area contributed by atoms with E-state index in [4.69, 9.17) is 11.6 Å². The van der Waals surface area contributed by atoms with Gasteiger partial charge in [0.25, 0.3) is 5.91 Å². The Balaban J connectivity index is 2.76. The third-order valence-corrected chi connectivity index (χ3v) is 3.47. The molecule has 16 heavy (non-hydrogen) atoms. The molecule has 90 valence electrons. The van der Waals surface area contributed by atoms with Gasteiger partial charge in [-0.3, -0.25) is 9.48 Å². The van der Waals surface area contributed by atoms with Crippen molar-refractivity contribution in [2.75, 3.05) is 5.88 Å². The van der Waals surface area contributed by atoms with Crippen molar-refractivity contribution in [3.05, 3.63) is 18.0 Å². The minimum absolute atomic E-state index is 0.113. The van der Waals surface area contributed by atoms with Crippen molar-refractivity contribution in [3.8, 4) is 0 Å². The first kappa shape index (κ1) is 13.0. The predicted molar refractivity (Wildman–Crippen MR) is 64.7 cm³/mol. The van der Waals surface area contributed by atoms with Crippen molar-refractivity contribution in [2.24, 2.45) is 7.05 Å². The highest BCUT2D eigenvalue weighted by atomic mass is 35.5. The molecule has 4 nitrogen and oxygen atoms in total. The summed E-state index contributed by atoms with van der Waals surface area (Å²) in [6, 6.07) is 0. The van der Waals surface area contributed by atoms with Crippen LogP contribution in [0.5, 0.6) is 0 Å². The number of alkyl halides is 1. The van der Waals surface area contributed by atoms with Crippen molar-refractivity contribution < 1.29 is 4.79 Å². The molecule has 0 aliphatic carbocycles. The van der Waals surface area contributed by atoms with Crippen LogP contribution in [0.2, 0.25) is 0 Å². The molecule has 1 amide bonds. The Morgan fingerprint density at radius 3 is 2.56 bits per heavy atom. The number of carbonyl (C=O) groups is 1. The van der Waals surface area contributed by atoms with E-state index in [0.717, 1.165) is 12.8 Å². The molecular formula is C11H18ClN3O. The maximum absolute atomic E-state index is 11.9. The maximum Gasteiger partial charge on any atom is 0.254 e. The van der Waals surface area contributed by atoms with Gasteiger partial charge in [0.1, 0.15) is 0 Å². The van der Waals surface area contributed by atoms with Crippen molar-refractivity contribution in [1.82, 2.24) is 15.1 Å². The Kier molecular flexibility index (Phi) is 4.35. The number of nitrogens with zero attached hydrogens (tertiary/aromatic N) is 2. The molecule has 0 aromatic carbocycles. The molecule has 0 saturated carbocycles. The molecule has 1 N–H and O–H groups in total. The minimum Gasteiger partial charge on any atom is -0.345 e. The predicted octanol–water partition coefficient (Wildman–Crippen LogP) is 1.95. The molecule has 1 heterocycles. The number of rotatable bonds is 5. The van der Waals surface area contributed by atoms with Crippen LogP contribution in [0.4, 0.5) is 0 Å². The van der Waals surface area contributed by atoms with Crippen LogP contribution in [0.25, 0.3) is 0 Å². The fraction of sp³-hybridized carbons (Fsp3) is 0.636. The molecule has 0 fully saturated rings. The summed E-state index contributed by atoms with van der Waals surface area (Å²) in [5.74, 6) is 0.309. The molecule has 0 saturated heterocycles. The molecule has 1 rings (SSSR count). The van der Waals surface area contributed by atoms with Gasteiger partial charge < -0.3 is 5.32 Å². The van der Waals surface area contributed by atoms with Crippen LogP contribution in [0.3, 0.4) is 0 Å². The van der Waals surface area contributed by atoms with E-state index in [0.29, 0.717) is 11.4 Å². The number of carbonyl (C=O) groups excluding carboxylic acids is 1. The fourth-order valence-corrected chi connectivity index (χ4v) is 1.95. The van der Waals surface area contributed by atoms with Crippen LogP contribution < -0.4 is 5.32 Å². The quantitative estimate of drug-likeness (QED) is 0.804. The van der Waals surface area contributed by atoms with E-state index in [1.54, 1.807) is 24.1 Å². The molecule has 1 aromatic heterocycles. The molecule has 5 heteroatoms. The van der Waals surface area contributed by atoms with Crippen LogP contribution in [0.1, 0.15) is 37.0 Å². The second-order valence-corrected chi connectivity index (χ2v) is 4.25. The third kappa shape index (κ3) is 2.76. The van der Waals surface area contributed by atoms with Crippen LogP contribution >= 0.6 is 11.6 Å². The summed E-state index contributed by atoms with van der Waals surface area (Å²) >= 11 is 5.93. The van der Waals surface area contributed by atoms with E-state index in [2.05, 4.69) is 10.4 Å². The Hall–Kier alpha value is -1.03. The van der Waals surface area contributed by atoms with Crippen LogP contribution in [-0.4, -0.2) is 27.1 Å². The number of hydrogen-bond donors (Lipinski definition) is 1. The van der Waals surface area contributed by atoms with Gasteiger partial charge in [-0.2, -0.15) is 5.10 Å². The average Bonchev–Trinajstić information content (AvgIpc) is 2.73. The van der Waals surface area contributed by atoms with Gasteiger partial charge in [-0.15, -0.1) is 11.6 Å². The summed E-state index contributed by atoms with van der Waals surface area (Å²) in [4.78, 5) is 11.9. The minimum atomic E-state index is -0.311. The van der Waals surface area contributed by atoms with E-state index >= 15 is 0 Å². The normalized spacial score (nSPS) is 11.5. The fourth-order valence-electron chi connectivity index (χ4n) is 1.50. The Labute approximate surface area is 101 Å². The summed E-state index contributed by atoms with van der Waals surface area (Å²) in [5, 5.41) is 6.95. The Bertz CT molecular complexity index is 350. The SMILES string of the molecule is CCC(CC)(CCl)NC(=O)c1cnn(C)c1. The smallest absolute Gasteiger partial charge is 0.254 e. The number of amides is 1. The van der Waals surface area contributed by atoms with E-state index in [9.17, 15) is 4.79 Å². The van der Waals surface area contributed by atoms with Gasteiger partial charge in [-0.25, -0.2) is 0 Å². The first-order valence-electron chi connectivity index (χ1n) is 5.44. The summed E-state index contributed by atoms with van der Waals surface area (Å²) < 4.78 is 1.61. The lowest BCUT2D eigenvalue weighted by molar-refractivity contribution is 0.0902. The van der Waals surface area contributed by atoms with E-state index < -0.39 is 0 Å². The lowest BCUT2D eigenvalue weighted by Gasteiger charge is -2.30. The summed E-state index contributed by atoms with van der Waals surface area (Å²) in [7, 11) is 1.78. The van der Waals surface area contributed by atoms with E-state index in [-0.39, 0.29) is 11.4 Å². The number of halogens is 1. The lowest BCUT2D eigenvalue weighted by atomic mass is 9.95. The number of aromatic nitrogens is 2. The monoisotopic (exact) mass is 243 g/mol. The van der Waals surface area contributed by atoms with Gasteiger partial charge in [0.05, 0.1) is 17.3 Å². The van der Waals surface area contributed by atoms with E-state index in [1.807, 2.05) is 13.8 Å². The molecule has 0 atom stereocenters. The molecule has 0 aliphatic heterocycles. The van der Waals surface area contributed by atoms with Crippen LogP contribution in [0.15, 0.2) is 12.4 Å². The molecule has 0 aliphatic rings. The maximum atomic E-state index is 11.9. The van der Waals surface area contributed by atoms with E-state index in [1.165, 1.54) is 0 Å². The highest BCUT2D eigenvalue weighted by Crippen LogP contribution is 2.17. The van der Waals surface area contributed by atoms with Gasteiger partial charge >= 0.3 is 0 Å². The number of aryl methyl sites for hydroxylation is 1. The zero-order valence-corrected chi connectivity index (χ0v) is 10.7. The van der Waals surface area contributed by atoms with Crippen molar-refractivity contribution >= 4 is 17.5 Å². The van der Waals surface area contributed by atoms with Gasteiger partial charge in [-0.1, -0.05) is 13.8 Å². The van der Waals surface area contributed by atoms with Gasteiger partial charge in [0, 0.05) is 19.1 Å². The van der Waals surface area contributed by atoms with Gasteiger partial charge in [-0.05, 0) is 12.8 Å². The van der Waals surface area contributed by atoms with Gasteiger partial charge in [0.2, 0.25) is 0 Å². The molecule has 1 aromatic rings. The average molecular weight is 244 g/mol. The van der Waals surface area contributed by atoms with Crippen molar-refractivity contribution in [2.45, 2.75) is 32.2 Å². The first-order valence-corrected chi connectivity index (χ1v) is 5.97. The second kappa shape index (κ2) is 5.34. The highest BCUT2D eigenvalue weighted by Gasteiger charge is 2.27. The van der Waals surface area contributed by atoms with Crippen molar-refractivity contribution in [1.29, 1.82) is 0 Å². The second-order valence-electron chi connectivity index (χ2n) is 3.98. The largest absolute Gasteiger partial charge is 0.345 e. The standard InChI is InChI=1S/C11H18ClN3O/c1-4-11(5-2,8-12)14-10(16)9-6-13-15(3)7-9/h6-7H,4-5,8H2,1-3H3,(H,14,16). The highest BCUT2D eigenvalue weighted by molar-refractivity contribution is 6.18. The Morgan fingerprint density at radius 1 is 1.56 bits per heavy atom. The molecule has 0 bridgehead atoms. The first-order chi connectivity index (χ1) is 7.56. The molecule has 0 spiro atoms. The zero-order valence-electron chi connectivity index (χ0n) is 9.96. The van der Waals surface area contributed by atoms with Crippen molar-refractivity contribution in [3.63, 3.8) is 0 Å². The lowest BCUT2D eigenvalue weighted by Crippen LogP contribution is -2.49. The van der Waals surface area contributed by atoms with Crippen LogP contribution in [-0.2, 0) is 7.05 Å². The molecular weight excluding hydrogens is 226 g/mol. The Morgan fingerprint density at radius 2 is 2.19 bits per heavy atom. The van der Waals surface area contributed by atoms with Gasteiger partial charge in [0.15, 0.2) is 0 Å². The topological polar surface area (TPSA) is 46.9 Å². The summed E-state index contributed by atoms with van der Waals surface area (Å²) in [6.07, 6.45) is 4.89. The zero-order chi connectivity index (χ0) is 12.2. The van der Waals surface area contributed by atoms with Crippen LogP contribution in [0, 0.1) is 0 Å². The molecule has 0 unspecified atom stereocenters. The summed E-state index contributed by atoms with van der Waals surface area (Å²) in [6.45, 7) is 4.05. The third-order valence-electron chi connectivity index (χ3n) is 2.96. The molecule has 0 radical (unpaired) electrons. The number of hydrogen-bond acceptors (Lipinski definition) is 2. The number of nitrogens with one attached hydrogen (secondary N) is 1.